The van der Waals surface area contributed by atoms with Gasteiger partial charge in [0.1, 0.15) is 4.90 Å². The van der Waals surface area contributed by atoms with Crippen molar-refractivity contribution in [2.75, 3.05) is 0 Å². The third-order valence-corrected chi connectivity index (χ3v) is 5.26. The van der Waals surface area contributed by atoms with Gasteiger partial charge in [-0.1, -0.05) is 30.9 Å². The Morgan fingerprint density at radius 3 is 2.48 bits per heavy atom. The van der Waals surface area contributed by atoms with Crippen molar-refractivity contribution in [2.24, 2.45) is 5.14 Å². The number of primary sulfonamides is 1. The molecule has 0 unspecified atom stereocenters. The van der Waals surface area contributed by atoms with Crippen molar-refractivity contribution in [3.8, 4) is 0 Å². The molecule has 1 saturated carbocycles. The van der Waals surface area contributed by atoms with E-state index < -0.39 is 10.0 Å². The van der Waals surface area contributed by atoms with Crippen molar-refractivity contribution in [2.45, 2.75) is 49.5 Å². The van der Waals surface area contributed by atoms with Crippen LogP contribution in [-0.2, 0) is 10.0 Å². The molecule has 21 heavy (non-hydrogen) atoms. The molecule has 7 heteroatoms. The fourth-order valence-electron chi connectivity index (χ4n) is 2.67. The van der Waals surface area contributed by atoms with Gasteiger partial charge in [0.2, 0.25) is 10.0 Å². The summed E-state index contributed by atoms with van der Waals surface area (Å²) in [5.74, 6) is -0.305. The average molecular weight is 331 g/mol. The molecule has 1 fully saturated rings. The number of nitrogens with one attached hydrogen (secondary N) is 1. The van der Waals surface area contributed by atoms with Crippen LogP contribution in [0.1, 0.15) is 49.4 Å². The summed E-state index contributed by atoms with van der Waals surface area (Å²) in [4.78, 5) is 12.1. The second-order valence-electron chi connectivity index (χ2n) is 5.77. The topological polar surface area (TPSA) is 89.3 Å². The molecule has 0 atom stereocenters. The quantitative estimate of drug-likeness (QED) is 0.892. The largest absolute Gasteiger partial charge is 0.347 e. The van der Waals surface area contributed by atoms with Crippen molar-refractivity contribution in [1.82, 2.24) is 5.32 Å². The number of rotatable bonds is 3. The molecule has 0 aliphatic heterocycles. The number of carbonyl (C=O) groups is 1. The van der Waals surface area contributed by atoms with Gasteiger partial charge < -0.3 is 5.32 Å². The standard InChI is InChI=1S/C14H19ClN2O3S/c1-14(7-3-2-4-8-14)17-13(18)10-5-6-11(15)12(9-10)21(16,19)20/h5-6,9H,2-4,7-8H2,1H3,(H,17,18)(H2,16,19,20). The number of amides is 1. The molecular formula is C14H19ClN2O3S. The molecule has 3 N–H and O–H groups in total. The predicted octanol–water partition coefficient (Wildman–Crippen LogP) is 2.44. The van der Waals surface area contributed by atoms with Gasteiger partial charge in [-0.25, -0.2) is 13.6 Å². The first-order valence-electron chi connectivity index (χ1n) is 6.86. The van der Waals surface area contributed by atoms with Gasteiger partial charge in [0.15, 0.2) is 0 Å². The van der Waals surface area contributed by atoms with E-state index in [0.29, 0.717) is 0 Å². The van der Waals surface area contributed by atoms with Crippen molar-refractivity contribution in [3.63, 3.8) is 0 Å². The Morgan fingerprint density at radius 2 is 1.90 bits per heavy atom. The highest BCUT2D eigenvalue weighted by atomic mass is 35.5. The summed E-state index contributed by atoms with van der Waals surface area (Å²) in [5.41, 5.74) is 0.00621. The Bertz CT molecular complexity index is 652. The number of hydrogen-bond donors (Lipinski definition) is 2. The van der Waals surface area contributed by atoms with E-state index in [0.717, 1.165) is 25.7 Å². The molecule has 1 aromatic rings. The highest BCUT2D eigenvalue weighted by Gasteiger charge is 2.29. The molecule has 1 amide bonds. The first-order chi connectivity index (χ1) is 9.71. The Kier molecular flexibility index (Phi) is 4.60. The second kappa shape index (κ2) is 5.94. The Morgan fingerprint density at radius 1 is 1.29 bits per heavy atom. The first-order valence-corrected chi connectivity index (χ1v) is 8.79. The lowest BCUT2D eigenvalue weighted by Gasteiger charge is -2.34. The van der Waals surface area contributed by atoms with Gasteiger partial charge in [0, 0.05) is 11.1 Å². The highest BCUT2D eigenvalue weighted by Crippen LogP contribution is 2.28. The number of carbonyl (C=O) groups excluding carboxylic acids is 1. The van der Waals surface area contributed by atoms with Gasteiger partial charge in [0.05, 0.1) is 5.02 Å². The van der Waals surface area contributed by atoms with Crippen LogP contribution in [0.25, 0.3) is 0 Å². The lowest BCUT2D eigenvalue weighted by atomic mass is 9.83. The highest BCUT2D eigenvalue weighted by molar-refractivity contribution is 7.89. The third kappa shape index (κ3) is 3.96. The first kappa shape index (κ1) is 16.3. The van der Waals surface area contributed by atoms with Gasteiger partial charge in [-0.15, -0.1) is 0 Å². The molecule has 1 aliphatic rings. The van der Waals surface area contributed by atoms with E-state index in [4.69, 9.17) is 16.7 Å². The van der Waals surface area contributed by atoms with Gasteiger partial charge in [-0.3, -0.25) is 4.79 Å². The monoisotopic (exact) mass is 330 g/mol. The van der Waals surface area contributed by atoms with E-state index in [1.54, 1.807) is 0 Å². The molecule has 2 rings (SSSR count). The summed E-state index contributed by atoms with van der Waals surface area (Å²) in [5, 5.41) is 8.10. The molecule has 1 aromatic carbocycles. The van der Waals surface area contributed by atoms with Crippen molar-refractivity contribution in [3.05, 3.63) is 28.8 Å². The van der Waals surface area contributed by atoms with Crippen LogP contribution in [-0.4, -0.2) is 19.9 Å². The van der Waals surface area contributed by atoms with E-state index >= 15 is 0 Å². The fraction of sp³-hybridized carbons (Fsp3) is 0.500. The van der Waals surface area contributed by atoms with E-state index in [-0.39, 0.29) is 26.9 Å². The molecule has 116 valence electrons. The predicted molar refractivity (Wildman–Crippen MR) is 81.8 cm³/mol. The second-order valence-corrected chi connectivity index (χ2v) is 7.70. The van der Waals surface area contributed by atoms with Crippen LogP contribution in [0.5, 0.6) is 0 Å². The van der Waals surface area contributed by atoms with E-state index in [2.05, 4.69) is 5.32 Å². The van der Waals surface area contributed by atoms with Gasteiger partial charge in [-0.2, -0.15) is 0 Å². The number of nitrogens with two attached hydrogens (primary N) is 1. The van der Waals surface area contributed by atoms with Crippen molar-refractivity contribution in [1.29, 1.82) is 0 Å². The third-order valence-electron chi connectivity index (χ3n) is 3.87. The van der Waals surface area contributed by atoms with Gasteiger partial charge in [0.25, 0.3) is 5.91 Å². The maximum absolute atomic E-state index is 12.3. The maximum atomic E-state index is 12.3. The Labute approximate surface area is 129 Å². The van der Waals surface area contributed by atoms with E-state index in [9.17, 15) is 13.2 Å². The van der Waals surface area contributed by atoms with Crippen LogP contribution in [0.15, 0.2) is 23.1 Å². The molecule has 5 nitrogen and oxygen atoms in total. The van der Waals surface area contributed by atoms with Gasteiger partial charge >= 0.3 is 0 Å². The van der Waals surface area contributed by atoms with Gasteiger partial charge in [-0.05, 0) is 38.0 Å². The van der Waals surface area contributed by atoms with E-state index in [1.165, 1.54) is 24.6 Å². The summed E-state index contributed by atoms with van der Waals surface area (Å²) in [6.07, 6.45) is 5.20. The minimum Gasteiger partial charge on any atom is -0.347 e. The molecule has 0 bridgehead atoms. The number of benzene rings is 1. The van der Waals surface area contributed by atoms with Crippen molar-refractivity contribution < 1.29 is 13.2 Å². The normalized spacial score (nSPS) is 18.2. The summed E-state index contributed by atoms with van der Waals surface area (Å²) < 4.78 is 22.9. The van der Waals surface area contributed by atoms with Crippen LogP contribution in [0, 0.1) is 0 Å². The minimum atomic E-state index is -3.95. The molecule has 0 saturated heterocycles. The van der Waals surface area contributed by atoms with Crippen LogP contribution in [0.2, 0.25) is 5.02 Å². The molecule has 0 heterocycles. The summed E-state index contributed by atoms with van der Waals surface area (Å²) in [6.45, 7) is 2.01. The molecule has 0 radical (unpaired) electrons. The van der Waals surface area contributed by atoms with Crippen LogP contribution in [0.3, 0.4) is 0 Å². The Hall–Kier alpha value is -1.11. The zero-order valence-corrected chi connectivity index (χ0v) is 13.4. The fourth-order valence-corrected chi connectivity index (χ4v) is 3.74. The van der Waals surface area contributed by atoms with Crippen LogP contribution < -0.4 is 10.5 Å². The summed E-state index contributed by atoms with van der Waals surface area (Å²) >= 11 is 5.81. The zero-order valence-electron chi connectivity index (χ0n) is 11.9. The molecule has 0 aromatic heterocycles. The maximum Gasteiger partial charge on any atom is 0.251 e. The molecule has 1 aliphatic carbocycles. The summed E-state index contributed by atoms with van der Waals surface area (Å²) in [6, 6.07) is 4.09. The lowest BCUT2D eigenvalue weighted by Crippen LogP contribution is -2.47. The minimum absolute atomic E-state index is 0.0120. The van der Waals surface area contributed by atoms with Crippen molar-refractivity contribution >= 4 is 27.5 Å². The number of sulfonamides is 1. The van der Waals surface area contributed by atoms with Crippen LogP contribution >= 0.6 is 11.6 Å². The Balaban J connectivity index is 2.24. The summed E-state index contributed by atoms with van der Waals surface area (Å²) in [7, 11) is -3.95. The lowest BCUT2D eigenvalue weighted by molar-refractivity contribution is 0.0882. The average Bonchev–Trinajstić information content (AvgIpc) is 2.38. The zero-order chi connectivity index (χ0) is 15.7. The number of halogens is 1. The number of hydrogen-bond acceptors (Lipinski definition) is 3. The van der Waals surface area contributed by atoms with Crippen LogP contribution in [0.4, 0.5) is 0 Å². The SMILES string of the molecule is CC1(NC(=O)c2ccc(Cl)c(S(N)(=O)=O)c2)CCCCC1. The smallest absolute Gasteiger partial charge is 0.251 e. The van der Waals surface area contributed by atoms with E-state index in [1.807, 2.05) is 6.92 Å². The molecule has 0 spiro atoms. The molecular weight excluding hydrogens is 312 g/mol.